The Morgan fingerprint density at radius 3 is 2.36 bits per heavy atom. The second kappa shape index (κ2) is 6.45. The van der Waals surface area contributed by atoms with Crippen molar-refractivity contribution in [2.45, 2.75) is 56.0 Å². The largest absolute Gasteiger partial charge is 0.480 e. The van der Waals surface area contributed by atoms with Crippen molar-refractivity contribution in [3.8, 4) is 0 Å². The Labute approximate surface area is 147 Å². The highest BCUT2D eigenvalue weighted by atomic mass is 32.2. The summed E-state index contributed by atoms with van der Waals surface area (Å²) in [6, 6.07) is 0. The molecule has 2 fully saturated rings. The van der Waals surface area contributed by atoms with E-state index in [9.17, 15) is 18.3 Å². The molecule has 144 valence electrons. The third kappa shape index (κ3) is 4.00. The molecule has 0 spiro atoms. The number of rotatable bonds is 8. The number of carboxylic acids is 1. The van der Waals surface area contributed by atoms with E-state index >= 15 is 0 Å². The summed E-state index contributed by atoms with van der Waals surface area (Å²) in [6.07, 6.45) is 1.16. The molecule has 0 unspecified atom stereocenters. The molecule has 2 aliphatic rings. The number of carboxylic acid groups (broad SMARTS) is 1. The van der Waals surface area contributed by atoms with Gasteiger partial charge in [-0.25, -0.2) is 0 Å². The maximum atomic E-state index is 12.6. The summed E-state index contributed by atoms with van der Waals surface area (Å²) in [5.41, 5.74) is 8.82. The van der Waals surface area contributed by atoms with Crippen LogP contribution in [0, 0.1) is 5.92 Å². The summed E-state index contributed by atoms with van der Waals surface area (Å²) < 4.78 is 28.9. The van der Waals surface area contributed by atoms with Gasteiger partial charge in [-0.1, -0.05) is 6.42 Å². The average molecular weight is 378 g/mol. The van der Waals surface area contributed by atoms with Gasteiger partial charge in [-0.2, -0.15) is 17.4 Å². The average Bonchev–Trinajstić information content (AvgIpc) is 2.76. The number of hydrogen-bond donors (Lipinski definition) is 6. The fraction of sp³-hybridized carbons (Fsp3) is 0.923. The highest BCUT2D eigenvalue weighted by Crippen LogP contribution is 2.45. The van der Waals surface area contributed by atoms with E-state index in [2.05, 4.69) is 4.72 Å². The lowest BCUT2D eigenvalue weighted by Gasteiger charge is -2.25. The highest BCUT2D eigenvalue weighted by Gasteiger charge is 2.62. The number of nitrogens with two attached hydrogens (primary N) is 2. The first-order chi connectivity index (χ1) is 11.2. The smallest absolute Gasteiger partial charge is 0.451 e. The maximum absolute atomic E-state index is 12.6. The second-order valence-corrected chi connectivity index (χ2v) is 9.45. The van der Waals surface area contributed by atoms with Crippen LogP contribution in [0.4, 0.5) is 0 Å². The Morgan fingerprint density at radius 2 is 1.92 bits per heavy atom. The van der Waals surface area contributed by atoms with E-state index in [4.69, 9.17) is 21.5 Å². The van der Waals surface area contributed by atoms with E-state index in [1.807, 2.05) is 0 Å². The summed E-state index contributed by atoms with van der Waals surface area (Å²) >= 11 is 0. The van der Waals surface area contributed by atoms with Gasteiger partial charge in [-0.15, -0.1) is 0 Å². The zero-order chi connectivity index (χ0) is 19.3. The Balaban J connectivity index is 2.11. The van der Waals surface area contributed by atoms with Crippen LogP contribution in [-0.2, 0) is 15.0 Å². The van der Waals surface area contributed by atoms with Crippen LogP contribution in [0.1, 0.15) is 33.1 Å². The van der Waals surface area contributed by atoms with Gasteiger partial charge in [0.15, 0.2) is 0 Å². The summed E-state index contributed by atoms with van der Waals surface area (Å²) in [5.74, 6) is -1.90. The number of carbonyl (C=O) groups is 1. The molecule has 8 N–H and O–H groups in total. The van der Waals surface area contributed by atoms with Crippen molar-refractivity contribution >= 4 is 23.3 Å². The van der Waals surface area contributed by atoms with Gasteiger partial charge in [0.1, 0.15) is 5.54 Å². The van der Waals surface area contributed by atoms with Crippen molar-refractivity contribution in [3.63, 3.8) is 0 Å². The van der Waals surface area contributed by atoms with E-state index in [0.717, 1.165) is 4.31 Å². The van der Waals surface area contributed by atoms with Gasteiger partial charge in [0.2, 0.25) is 0 Å². The number of hydrogen-bond acceptors (Lipinski definition) is 7. The lowest BCUT2D eigenvalue weighted by Crippen LogP contribution is -2.56. The summed E-state index contributed by atoms with van der Waals surface area (Å²) in [4.78, 5) is 11.6. The molecule has 1 saturated heterocycles. The van der Waals surface area contributed by atoms with Crippen LogP contribution in [0.15, 0.2) is 0 Å². The molecule has 10 nitrogen and oxygen atoms in total. The normalized spacial score (nSPS) is 38.7. The molecule has 2 rings (SSSR count). The van der Waals surface area contributed by atoms with Gasteiger partial charge in [0, 0.05) is 24.5 Å². The second-order valence-electron chi connectivity index (χ2n) is 7.78. The van der Waals surface area contributed by atoms with Crippen molar-refractivity contribution in [1.82, 2.24) is 9.03 Å². The Kier molecular flexibility index (Phi) is 5.30. The van der Waals surface area contributed by atoms with Crippen LogP contribution < -0.4 is 16.2 Å². The molecule has 0 aromatic rings. The summed E-state index contributed by atoms with van der Waals surface area (Å²) in [7, 11) is -5.43. The Bertz CT molecular complexity index is 644. The van der Waals surface area contributed by atoms with Crippen molar-refractivity contribution in [1.29, 1.82) is 0 Å². The predicted molar refractivity (Wildman–Crippen MR) is 91.5 cm³/mol. The molecule has 0 bridgehead atoms. The number of nitrogens with one attached hydrogen (secondary N) is 1. The monoisotopic (exact) mass is 378 g/mol. The highest BCUT2D eigenvalue weighted by molar-refractivity contribution is 7.87. The van der Waals surface area contributed by atoms with Gasteiger partial charge < -0.3 is 26.6 Å². The van der Waals surface area contributed by atoms with Gasteiger partial charge in [0.05, 0.1) is 5.54 Å². The summed E-state index contributed by atoms with van der Waals surface area (Å²) in [6.45, 7) is 3.05. The molecule has 1 saturated carbocycles. The Hall–Kier alpha value is -0.755. The topological polar surface area (TPSA) is 179 Å². The molecule has 0 aromatic heterocycles. The van der Waals surface area contributed by atoms with E-state index < -0.39 is 45.8 Å². The van der Waals surface area contributed by atoms with Crippen LogP contribution in [0.3, 0.4) is 0 Å². The molecule has 0 radical (unpaired) electrons. The van der Waals surface area contributed by atoms with Gasteiger partial charge in [-0.05, 0) is 33.0 Å². The minimum Gasteiger partial charge on any atom is -0.480 e. The zero-order valence-electron chi connectivity index (χ0n) is 14.5. The van der Waals surface area contributed by atoms with Gasteiger partial charge in [-0.3, -0.25) is 4.79 Å². The molecule has 1 heterocycles. The molecule has 1 aliphatic heterocycles. The SMILES string of the molecule is C[C@]1(N)C[C@]1(C)NS(=O)(=O)N1C[C@H](CCCB(O)O)[C@](N)(C(=O)O)C1. The van der Waals surface area contributed by atoms with Crippen molar-refractivity contribution in [3.05, 3.63) is 0 Å². The molecule has 12 heteroatoms. The van der Waals surface area contributed by atoms with Gasteiger partial charge >= 0.3 is 13.1 Å². The fourth-order valence-corrected chi connectivity index (χ4v) is 5.17. The van der Waals surface area contributed by atoms with Crippen LogP contribution in [0.2, 0.25) is 6.32 Å². The zero-order valence-corrected chi connectivity index (χ0v) is 15.3. The maximum Gasteiger partial charge on any atom is 0.451 e. The summed E-state index contributed by atoms with van der Waals surface area (Å²) in [5, 5.41) is 27.3. The molecule has 4 atom stereocenters. The number of nitrogens with zero attached hydrogens (tertiary/aromatic N) is 1. The predicted octanol–water partition coefficient (Wildman–Crippen LogP) is -2.33. The number of aliphatic carboxylic acids is 1. The van der Waals surface area contributed by atoms with Crippen LogP contribution in [0.25, 0.3) is 0 Å². The minimum absolute atomic E-state index is 0.0446. The molecular weight excluding hydrogens is 351 g/mol. The third-order valence-electron chi connectivity index (χ3n) is 5.55. The quantitative estimate of drug-likeness (QED) is 0.254. The minimum atomic E-state index is -3.94. The first kappa shape index (κ1) is 20.6. The van der Waals surface area contributed by atoms with Crippen LogP contribution in [0.5, 0.6) is 0 Å². The first-order valence-electron chi connectivity index (χ1n) is 8.20. The lowest BCUT2D eigenvalue weighted by molar-refractivity contribution is -0.144. The van der Waals surface area contributed by atoms with Crippen LogP contribution >= 0.6 is 0 Å². The molecule has 0 aromatic carbocycles. The molecule has 1 aliphatic carbocycles. The standard InChI is InChI=1S/C13H27BN4O6S/c1-11(15)7-12(11,2)17-25(23,24)18-6-9(4-3-5-14(21)22)13(16,8-18)10(19)20/h9,17,21-22H,3-8,15-16H2,1-2H3,(H,19,20)/t9-,11-,12-,13-/m0/s1. The first-order valence-corrected chi connectivity index (χ1v) is 9.64. The van der Waals surface area contributed by atoms with Crippen molar-refractivity contribution in [2.24, 2.45) is 17.4 Å². The third-order valence-corrected chi connectivity index (χ3v) is 7.22. The van der Waals surface area contributed by atoms with Crippen molar-refractivity contribution < 1.29 is 28.4 Å². The van der Waals surface area contributed by atoms with E-state index in [1.165, 1.54) is 0 Å². The van der Waals surface area contributed by atoms with Crippen molar-refractivity contribution in [2.75, 3.05) is 13.1 Å². The molecular formula is C13H27BN4O6S. The van der Waals surface area contributed by atoms with Gasteiger partial charge in [0.25, 0.3) is 10.2 Å². The fourth-order valence-electron chi connectivity index (χ4n) is 3.41. The van der Waals surface area contributed by atoms with E-state index in [1.54, 1.807) is 13.8 Å². The van der Waals surface area contributed by atoms with E-state index in [-0.39, 0.29) is 25.8 Å². The molecule has 0 amide bonds. The van der Waals surface area contributed by atoms with Crippen LogP contribution in [-0.4, -0.2) is 70.7 Å². The lowest BCUT2D eigenvalue weighted by atomic mass is 9.78. The van der Waals surface area contributed by atoms with E-state index in [0.29, 0.717) is 12.8 Å². The Morgan fingerprint density at radius 1 is 1.36 bits per heavy atom. The molecule has 25 heavy (non-hydrogen) atoms.